The van der Waals surface area contributed by atoms with Gasteiger partial charge in [-0.1, -0.05) is 0 Å². The number of nitrogens with one attached hydrogen (secondary N) is 1. The zero-order chi connectivity index (χ0) is 17.0. The third-order valence-corrected chi connectivity index (χ3v) is 2.96. The zero-order valence-electron chi connectivity index (χ0n) is 11.8. The SMILES string of the molecule is C/C(=N\Nc1ccc(C(F)(F)F)cc1[N+](=O)[O-])c1ccncc1. The number of hydrogen-bond donors (Lipinski definition) is 1. The third-order valence-electron chi connectivity index (χ3n) is 2.96. The van der Waals surface area contributed by atoms with E-state index in [-0.39, 0.29) is 5.69 Å². The lowest BCUT2D eigenvalue weighted by Gasteiger charge is -2.09. The molecule has 1 heterocycles. The van der Waals surface area contributed by atoms with Crippen LogP contribution in [0.5, 0.6) is 0 Å². The lowest BCUT2D eigenvalue weighted by atomic mass is 10.1. The Morgan fingerprint density at radius 3 is 2.48 bits per heavy atom. The fraction of sp³-hybridized carbons (Fsp3) is 0.143. The van der Waals surface area contributed by atoms with Crippen LogP contribution in [0.25, 0.3) is 0 Å². The van der Waals surface area contributed by atoms with Crippen molar-refractivity contribution in [3.05, 3.63) is 64.0 Å². The lowest BCUT2D eigenvalue weighted by Crippen LogP contribution is -2.07. The molecule has 0 saturated heterocycles. The first-order valence-corrected chi connectivity index (χ1v) is 6.35. The second-order valence-corrected chi connectivity index (χ2v) is 4.53. The van der Waals surface area contributed by atoms with E-state index in [1.165, 1.54) is 0 Å². The number of hydrogen-bond acceptors (Lipinski definition) is 5. The molecule has 0 amide bonds. The minimum atomic E-state index is -4.65. The van der Waals surface area contributed by atoms with Crippen LogP contribution >= 0.6 is 0 Å². The van der Waals surface area contributed by atoms with Gasteiger partial charge in [0.05, 0.1) is 16.2 Å². The Kier molecular flexibility index (Phi) is 4.58. The van der Waals surface area contributed by atoms with Gasteiger partial charge in [-0.15, -0.1) is 0 Å². The molecule has 0 bridgehead atoms. The van der Waals surface area contributed by atoms with Crippen LogP contribution in [-0.2, 0) is 6.18 Å². The van der Waals surface area contributed by atoms with Gasteiger partial charge < -0.3 is 0 Å². The van der Waals surface area contributed by atoms with E-state index in [2.05, 4.69) is 15.5 Å². The molecule has 23 heavy (non-hydrogen) atoms. The van der Waals surface area contributed by atoms with Crippen LogP contribution in [0.4, 0.5) is 24.5 Å². The second kappa shape index (κ2) is 6.42. The molecule has 0 aliphatic carbocycles. The Bertz CT molecular complexity index is 745. The molecular formula is C14H11F3N4O2. The summed E-state index contributed by atoms with van der Waals surface area (Å²) in [7, 11) is 0. The van der Waals surface area contributed by atoms with Crippen molar-refractivity contribution in [3.8, 4) is 0 Å². The number of rotatable bonds is 4. The van der Waals surface area contributed by atoms with Gasteiger partial charge in [0.1, 0.15) is 5.69 Å². The molecule has 9 heteroatoms. The lowest BCUT2D eigenvalue weighted by molar-refractivity contribution is -0.384. The number of benzene rings is 1. The van der Waals surface area contributed by atoms with E-state index in [1.807, 2.05) is 0 Å². The van der Waals surface area contributed by atoms with Gasteiger partial charge in [0.2, 0.25) is 0 Å². The first kappa shape index (κ1) is 16.4. The van der Waals surface area contributed by atoms with E-state index < -0.39 is 22.4 Å². The van der Waals surface area contributed by atoms with Crippen LogP contribution in [0.2, 0.25) is 0 Å². The van der Waals surface area contributed by atoms with Gasteiger partial charge in [-0.2, -0.15) is 18.3 Å². The maximum absolute atomic E-state index is 12.6. The maximum Gasteiger partial charge on any atom is 0.416 e. The van der Waals surface area contributed by atoms with E-state index in [1.54, 1.807) is 31.5 Å². The highest BCUT2D eigenvalue weighted by atomic mass is 19.4. The van der Waals surface area contributed by atoms with Crippen LogP contribution in [0.1, 0.15) is 18.1 Å². The zero-order valence-corrected chi connectivity index (χ0v) is 11.8. The van der Waals surface area contributed by atoms with Crippen molar-refractivity contribution in [1.82, 2.24) is 4.98 Å². The number of anilines is 1. The minimum absolute atomic E-state index is 0.128. The molecule has 0 radical (unpaired) electrons. The number of aromatic nitrogens is 1. The third kappa shape index (κ3) is 4.02. The number of nitro groups is 1. The Morgan fingerprint density at radius 1 is 1.26 bits per heavy atom. The first-order chi connectivity index (χ1) is 10.8. The molecule has 120 valence electrons. The molecule has 0 fully saturated rings. The van der Waals surface area contributed by atoms with Gasteiger partial charge in [-0.3, -0.25) is 20.5 Å². The van der Waals surface area contributed by atoms with Crippen LogP contribution in [0.3, 0.4) is 0 Å². The molecule has 1 N–H and O–H groups in total. The fourth-order valence-electron chi connectivity index (χ4n) is 1.76. The Hall–Kier alpha value is -2.97. The van der Waals surface area contributed by atoms with Gasteiger partial charge >= 0.3 is 6.18 Å². The number of alkyl halides is 3. The summed E-state index contributed by atoms with van der Waals surface area (Å²) in [6.45, 7) is 1.65. The van der Waals surface area contributed by atoms with Crippen LogP contribution in [-0.4, -0.2) is 15.6 Å². The predicted octanol–water partition coefficient (Wildman–Crippen LogP) is 3.84. The van der Waals surface area contributed by atoms with Crippen molar-refractivity contribution in [1.29, 1.82) is 0 Å². The predicted molar refractivity (Wildman–Crippen MR) is 78.2 cm³/mol. The molecule has 0 atom stereocenters. The summed E-state index contributed by atoms with van der Waals surface area (Å²) in [5.74, 6) is 0. The van der Waals surface area contributed by atoms with Gasteiger partial charge in [-0.05, 0) is 31.2 Å². The monoisotopic (exact) mass is 324 g/mol. The van der Waals surface area contributed by atoms with Crippen LogP contribution in [0.15, 0.2) is 47.8 Å². The summed E-state index contributed by atoms with van der Waals surface area (Å²) in [6, 6.07) is 5.57. The van der Waals surface area contributed by atoms with Gasteiger partial charge in [0.25, 0.3) is 5.69 Å². The van der Waals surface area contributed by atoms with E-state index in [0.717, 1.165) is 17.7 Å². The molecule has 6 nitrogen and oxygen atoms in total. The fourth-order valence-corrected chi connectivity index (χ4v) is 1.76. The molecule has 0 aliphatic rings. The van der Waals surface area contributed by atoms with Gasteiger partial charge in [-0.25, -0.2) is 0 Å². The number of nitro benzene ring substituents is 1. The molecule has 1 aromatic carbocycles. The summed E-state index contributed by atoms with van der Waals surface area (Å²) in [5.41, 5.74) is 1.73. The highest BCUT2D eigenvalue weighted by Gasteiger charge is 2.33. The molecular weight excluding hydrogens is 313 g/mol. The second-order valence-electron chi connectivity index (χ2n) is 4.53. The highest BCUT2D eigenvalue weighted by Crippen LogP contribution is 2.34. The average Bonchev–Trinajstić information content (AvgIpc) is 2.52. The summed E-state index contributed by atoms with van der Waals surface area (Å²) in [4.78, 5) is 13.9. The number of nitrogens with zero attached hydrogens (tertiary/aromatic N) is 3. The summed E-state index contributed by atoms with van der Waals surface area (Å²) in [5, 5.41) is 14.9. The van der Waals surface area contributed by atoms with Crippen LogP contribution in [0, 0.1) is 10.1 Å². The molecule has 2 aromatic rings. The van der Waals surface area contributed by atoms with E-state index in [0.29, 0.717) is 11.8 Å². The van der Waals surface area contributed by atoms with E-state index in [4.69, 9.17) is 0 Å². The van der Waals surface area contributed by atoms with E-state index >= 15 is 0 Å². The van der Waals surface area contributed by atoms with Crippen molar-refractivity contribution in [2.45, 2.75) is 13.1 Å². The molecule has 0 spiro atoms. The van der Waals surface area contributed by atoms with Gasteiger partial charge in [0, 0.05) is 24.0 Å². The average molecular weight is 324 g/mol. The smallest absolute Gasteiger partial charge is 0.271 e. The maximum atomic E-state index is 12.6. The molecule has 0 aliphatic heterocycles. The minimum Gasteiger partial charge on any atom is -0.271 e. The summed E-state index contributed by atoms with van der Waals surface area (Å²) in [6.07, 6.45) is -1.55. The first-order valence-electron chi connectivity index (χ1n) is 6.35. The van der Waals surface area contributed by atoms with Crippen molar-refractivity contribution in [2.75, 3.05) is 5.43 Å². The standard InChI is InChI=1S/C14H11F3N4O2/c1-9(10-4-6-18-7-5-10)19-20-12-3-2-11(14(15,16)17)8-13(12)21(22)23/h2-8,20H,1H3/b19-9+. The summed E-state index contributed by atoms with van der Waals surface area (Å²) >= 11 is 0. The normalized spacial score (nSPS) is 12.1. The quantitative estimate of drug-likeness (QED) is 0.526. The highest BCUT2D eigenvalue weighted by molar-refractivity contribution is 5.99. The van der Waals surface area contributed by atoms with E-state index in [9.17, 15) is 23.3 Å². The largest absolute Gasteiger partial charge is 0.416 e. The van der Waals surface area contributed by atoms with Crippen molar-refractivity contribution in [2.24, 2.45) is 5.10 Å². The van der Waals surface area contributed by atoms with Crippen molar-refractivity contribution in [3.63, 3.8) is 0 Å². The van der Waals surface area contributed by atoms with Crippen molar-refractivity contribution >= 4 is 17.1 Å². The van der Waals surface area contributed by atoms with Crippen molar-refractivity contribution < 1.29 is 18.1 Å². The number of halogens is 3. The Labute approximate surface area is 128 Å². The Morgan fingerprint density at radius 2 is 1.91 bits per heavy atom. The van der Waals surface area contributed by atoms with Crippen LogP contribution < -0.4 is 5.43 Å². The number of hydrazone groups is 1. The summed E-state index contributed by atoms with van der Waals surface area (Å²) < 4.78 is 37.9. The molecule has 1 aromatic heterocycles. The molecule has 0 saturated carbocycles. The number of pyridine rings is 1. The molecule has 2 rings (SSSR count). The Balaban J connectivity index is 2.31. The molecule has 0 unspecified atom stereocenters. The van der Waals surface area contributed by atoms with Gasteiger partial charge in [0.15, 0.2) is 0 Å². The topological polar surface area (TPSA) is 80.4 Å².